The molecule has 0 unspecified atom stereocenters. The molecule has 0 saturated carbocycles. The molecular weight excluding hydrogens is 308 g/mol. The molecule has 1 aromatic heterocycles. The number of nitrogen functional groups attached to an aromatic ring is 1. The molecule has 0 bridgehead atoms. The van der Waals surface area contributed by atoms with Crippen molar-refractivity contribution in [1.29, 1.82) is 0 Å². The van der Waals surface area contributed by atoms with Crippen molar-refractivity contribution in [2.75, 3.05) is 12.3 Å². The molecular formula is C14H13BrN2O2. The Hall–Kier alpha value is -1.88. The van der Waals surface area contributed by atoms with E-state index in [0.717, 1.165) is 0 Å². The van der Waals surface area contributed by atoms with E-state index >= 15 is 0 Å². The molecule has 1 aromatic carbocycles. The Labute approximate surface area is 119 Å². The van der Waals surface area contributed by atoms with Crippen LogP contribution in [0.1, 0.15) is 22.8 Å². The van der Waals surface area contributed by atoms with Crippen LogP contribution in [0, 0.1) is 0 Å². The highest BCUT2D eigenvalue weighted by Crippen LogP contribution is 2.23. The molecule has 2 rings (SSSR count). The summed E-state index contributed by atoms with van der Waals surface area (Å²) in [4.78, 5) is 16.4. The standard InChI is InChI=1S/C14H13BrN2O2/c1-2-19-11-5-9(7-17-8-11)14(18)12-6-10(16)3-4-13(12)15/h3-8H,2,16H2,1H3. The van der Waals surface area contributed by atoms with Gasteiger partial charge in [0.2, 0.25) is 0 Å². The van der Waals surface area contributed by atoms with Crippen LogP contribution in [-0.2, 0) is 0 Å². The Kier molecular flexibility index (Phi) is 4.16. The largest absolute Gasteiger partial charge is 0.492 e. The molecule has 2 aromatic rings. The zero-order valence-electron chi connectivity index (χ0n) is 10.4. The van der Waals surface area contributed by atoms with Gasteiger partial charge in [-0.2, -0.15) is 0 Å². The second kappa shape index (κ2) is 5.84. The molecule has 0 amide bonds. The molecule has 1 heterocycles. The van der Waals surface area contributed by atoms with Crippen LogP contribution in [0.25, 0.3) is 0 Å². The fraction of sp³-hybridized carbons (Fsp3) is 0.143. The number of benzene rings is 1. The number of rotatable bonds is 4. The van der Waals surface area contributed by atoms with E-state index < -0.39 is 0 Å². The fourth-order valence-electron chi connectivity index (χ4n) is 1.66. The molecule has 0 spiro atoms. The molecule has 0 fully saturated rings. The minimum Gasteiger partial charge on any atom is -0.492 e. The summed E-state index contributed by atoms with van der Waals surface area (Å²) in [6.45, 7) is 2.41. The van der Waals surface area contributed by atoms with Crippen molar-refractivity contribution in [3.05, 3.63) is 52.3 Å². The highest BCUT2D eigenvalue weighted by atomic mass is 79.9. The molecule has 2 N–H and O–H groups in total. The maximum absolute atomic E-state index is 12.4. The van der Waals surface area contributed by atoms with Gasteiger partial charge in [0.1, 0.15) is 5.75 Å². The van der Waals surface area contributed by atoms with Crippen LogP contribution in [0.3, 0.4) is 0 Å². The molecule has 5 heteroatoms. The topological polar surface area (TPSA) is 65.2 Å². The summed E-state index contributed by atoms with van der Waals surface area (Å²) in [6, 6.07) is 6.80. The molecule has 0 aliphatic carbocycles. The van der Waals surface area contributed by atoms with Crippen LogP contribution in [-0.4, -0.2) is 17.4 Å². The summed E-state index contributed by atoms with van der Waals surface area (Å²) in [5.41, 5.74) is 7.23. The number of nitrogens with two attached hydrogens (primary N) is 1. The number of carbonyl (C=O) groups excluding carboxylic acids is 1. The molecule has 4 nitrogen and oxygen atoms in total. The SMILES string of the molecule is CCOc1cncc(C(=O)c2cc(N)ccc2Br)c1. The van der Waals surface area contributed by atoms with Crippen LogP contribution in [0.4, 0.5) is 5.69 Å². The van der Waals surface area contributed by atoms with Crippen molar-refractivity contribution in [3.8, 4) is 5.75 Å². The molecule has 0 saturated heterocycles. The molecule has 0 atom stereocenters. The smallest absolute Gasteiger partial charge is 0.195 e. The van der Waals surface area contributed by atoms with Crippen LogP contribution >= 0.6 is 15.9 Å². The van der Waals surface area contributed by atoms with Gasteiger partial charge in [0.15, 0.2) is 5.78 Å². The van der Waals surface area contributed by atoms with Crippen molar-refractivity contribution >= 4 is 27.4 Å². The fourth-order valence-corrected chi connectivity index (χ4v) is 2.09. The lowest BCUT2D eigenvalue weighted by atomic mass is 10.0. The van der Waals surface area contributed by atoms with E-state index in [9.17, 15) is 4.79 Å². The predicted octanol–water partition coefficient (Wildman–Crippen LogP) is 3.06. The monoisotopic (exact) mass is 320 g/mol. The Bertz CT molecular complexity index is 614. The van der Waals surface area contributed by atoms with Crippen molar-refractivity contribution in [2.24, 2.45) is 0 Å². The van der Waals surface area contributed by atoms with Crippen molar-refractivity contribution in [3.63, 3.8) is 0 Å². The summed E-state index contributed by atoms with van der Waals surface area (Å²) < 4.78 is 6.04. The summed E-state index contributed by atoms with van der Waals surface area (Å²) in [7, 11) is 0. The third kappa shape index (κ3) is 3.12. The number of hydrogen-bond donors (Lipinski definition) is 1. The first kappa shape index (κ1) is 13.5. The number of carbonyl (C=O) groups is 1. The van der Waals surface area contributed by atoms with E-state index in [1.807, 2.05) is 6.92 Å². The van der Waals surface area contributed by atoms with Crippen molar-refractivity contribution in [1.82, 2.24) is 4.98 Å². The highest BCUT2D eigenvalue weighted by molar-refractivity contribution is 9.10. The van der Waals surface area contributed by atoms with E-state index in [4.69, 9.17) is 10.5 Å². The number of aromatic nitrogens is 1. The Morgan fingerprint density at radius 2 is 2.16 bits per heavy atom. The van der Waals surface area contributed by atoms with Crippen molar-refractivity contribution < 1.29 is 9.53 Å². The quantitative estimate of drug-likeness (QED) is 0.694. The van der Waals surface area contributed by atoms with Gasteiger partial charge in [0.25, 0.3) is 0 Å². The first-order valence-corrected chi connectivity index (χ1v) is 6.58. The van der Waals surface area contributed by atoms with Gasteiger partial charge in [-0.3, -0.25) is 9.78 Å². The van der Waals surface area contributed by atoms with Crippen LogP contribution in [0.5, 0.6) is 5.75 Å². The average molecular weight is 321 g/mol. The van der Waals surface area contributed by atoms with Gasteiger partial charge in [-0.15, -0.1) is 0 Å². The molecule has 19 heavy (non-hydrogen) atoms. The van der Waals surface area contributed by atoms with Gasteiger partial charge in [-0.1, -0.05) is 15.9 Å². The number of anilines is 1. The minimum atomic E-state index is -0.145. The van der Waals surface area contributed by atoms with E-state index in [0.29, 0.717) is 33.6 Å². The Balaban J connectivity index is 2.38. The van der Waals surface area contributed by atoms with E-state index in [-0.39, 0.29) is 5.78 Å². The number of hydrogen-bond acceptors (Lipinski definition) is 4. The van der Waals surface area contributed by atoms with Crippen molar-refractivity contribution in [2.45, 2.75) is 6.92 Å². The second-order valence-electron chi connectivity index (χ2n) is 3.91. The van der Waals surface area contributed by atoms with Crippen LogP contribution < -0.4 is 10.5 Å². The van der Waals surface area contributed by atoms with Gasteiger partial charge in [-0.05, 0) is 31.2 Å². The van der Waals surface area contributed by atoms with E-state index in [1.165, 1.54) is 6.20 Å². The third-order valence-electron chi connectivity index (χ3n) is 2.52. The summed E-state index contributed by atoms with van der Waals surface area (Å²) in [5, 5.41) is 0. The molecule has 0 aliphatic heterocycles. The third-order valence-corrected chi connectivity index (χ3v) is 3.21. The maximum atomic E-state index is 12.4. The summed E-state index contributed by atoms with van der Waals surface area (Å²) >= 11 is 3.35. The van der Waals surface area contributed by atoms with Gasteiger partial charge >= 0.3 is 0 Å². The number of nitrogens with zero attached hydrogens (tertiary/aromatic N) is 1. The van der Waals surface area contributed by atoms with E-state index in [1.54, 1.807) is 30.5 Å². The number of ketones is 1. The Morgan fingerprint density at radius 1 is 1.37 bits per heavy atom. The Morgan fingerprint density at radius 3 is 2.89 bits per heavy atom. The number of halogens is 1. The second-order valence-corrected chi connectivity index (χ2v) is 4.77. The zero-order chi connectivity index (χ0) is 13.8. The van der Waals surface area contributed by atoms with Gasteiger partial charge in [-0.25, -0.2) is 0 Å². The predicted molar refractivity (Wildman–Crippen MR) is 77.4 cm³/mol. The first-order valence-electron chi connectivity index (χ1n) is 5.79. The maximum Gasteiger partial charge on any atom is 0.195 e. The van der Waals surface area contributed by atoms with Crippen LogP contribution in [0.15, 0.2) is 41.1 Å². The van der Waals surface area contributed by atoms with Gasteiger partial charge in [0, 0.05) is 27.5 Å². The number of pyridine rings is 1. The van der Waals surface area contributed by atoms with E-state index in [2.05, 4.69) is 20.9 Å². The molecule has 0 radical (unpaired) electrons. The van der Waals surface area contributed by atoms with Gasteiger partial charge < -0.3 is 10.5 Å². The summed E-state index contributed by atoms with van der Waals surface area (Å²) in [6.07, 6.45) is 3.09. The summed E-state index contributed by atoms with van der Waals surface area (Å²) in [5.74, 6) is 0.432. The lowest BCUT2D eigenvalue weighted by Gasteiger charge is -2.07. The average Bonchev–Trinajstić information content (AvgIpc) is 2.41. The highest BCUT2D eigenvalue weighted by Gasteiger charge is 2.14. The molecule has 98 valence electrons. The lowest BCUT2D eigenvalue weighted by molar-refractivity contribution is 0.103. The normalized spacial score (nSPS) is 10.2. The lowest BCUT2D eigenvalue weighted by Crippen LogP contribution is -2.05. The number of ether oxygens (including phenoxy) is 1. The minimum absolute atomic E-state index is 0.145. The first-order chi connectivity index (χ1) is 9.11. The van der Waals surface area contributed by atoms with Gasteiger partial charge in [0.05, 0.1) is 12.8 Å². The zero-order valence-corrected chi connectivity index (χ0v) is 12.0. The van der Waals surface area contributed by atoms with Crippen LogP contribution in [0.2, 0.25) is 0 Å². The molecule has 0 aliphatic rings.